The molecule has 0 aliphatic carbocycles. The van der Waals surface area contributed by atoms with E-state index in [1.807, 2.05) is 53.1 Å². The van der Waals surface area contributed by atoms with Crippen molar-refractivity contribution in [2.75, 3.05) is 26.0 Å². The fraction of sp³-hybridized carbons (Fsp3) is 0.292. The Kier molecular flexibility index (Phi) is 5.36. The lowest BCUT2D eigenvalue weighted by Crippen LogP contribution is -2.32. The van der Waals surface area contributed by atoms with Crippen molar-refractivity contribution in [2.24, 2.45) is 0 Å². The van der Waals surface area contributed by atoms with Gasteiger partial charge >= 0.3 is 0 Å². The number of carbonyl (C=O) groups excluding carboxylic acids is 1. The van der Waals surface area contributed by atoms with Gasteiger partial charge in [-0.15, -0.1) is 0 Å². The SMILES string of the molecule is COc1ccc(Cn2c(N)c(C(=O)NC[C@@H]3CCCO3)c3nc4ccccc4nc32)cc1. The number of nitrogens with one attached hydrogen (secondary N) is 1. The average molecular weight is 431 g/mol. The molecule has 1 aliphatic rings. The minimum absolute atomic E-state index is 0.0414. The van der Waals surface area contributed by atoms with E-state index in [0.717, 1.165) is 41.8 Å². The summed E-state index contributed by atoms with van der Waals surface area (Å²) in [6.45, 7) is 1.64. The highest BCUT2D eigenvalue weighted by Crippen LogP contribution is 2.29. The van der Waals surface area contributed by atoms with E-state index < -0.39 is 0 Å². The molecule has 1 amide bonds. The molecule has 0 saturated carbocycles. The Morgan fingerprint density at radius 2 is 1.94 bits per heavy atom. The fourth-order valence-corrected chi connectivity index (χ4v) is 4.11. The molecule has 32 heavy (non-hydrogen) atoms. The molecule has 4 aromatic rings. The normalized spacial score (nSPS) is 16.0. The van der Waals surface area contributed by atoms with Crippen LogP contribution in [0.5, 0.6) is 5.75 Å². The number of nitrogens with two attached hydrogens (primary N) is 1. The van der Waals surface area contributed by atoms with Gasteiger partial charge in [-0.05, 0) is 42.7 Å². The summed E-state index contributed by atoms with van der Waals surface area (Å²) in [7, 11) is 1.63. The number of benzene rings is 2. The molecule has 164 valence electrons. The Labute approximate surface area is 185 Å². The largest absolute Gasteiger partial charge is 0.497 e. The standard InChI is InChI=1S/C24H25N5O3/c1-31-16-10-8-15(9-11-16)14-29-22(25)20(24(30)26-13-17-5-4-12-32-17)21-23(29)28-19-7-3-2-6-18(19)27-21/h2-3,6-11,17H,4-5,12-14,25H2,1H3,(H,26,30)/t17-/m0/s1. The van der Waals surface area contributed by atoms with E-state index in [9.17, 15) is 4.79 Å². The Morgan fingerprint density at radius 1 is 1.19 bits per heavy atom. The second kappa shape index (κ2) is 8.47. The van der Waals surface area contributed by atoms with E-state index in [0.29, 0.717) is 35.6 Å². The molecular weight excluding hydrogens is 406 g/mol. The van der Waals surface area contributed by atoms with Crippen molar-refractivity contribution in [3.8, 4) is 5.75 Å². The summed E-state index contributed by atoms with van der Waals surface area (Å²) in [4.78, 5) is 22.7. The maximum atomic E-state index is 13.2. The number of aromatic nitrogens is 3. The number of hydrogen-bond acceptors (Lipinski definition) is 6. The maximum absolute atomic E-state index is 13.2. The molecule has 1 saturated heterocycles. The third-order valence-corrected chi connectivity index (χ3v) is 5.83. The summed E-state index contributed by atoms with van der Waals surface area (Å²) in [5, 5.41) is 2.97. The third kappa shape index (κ3) is 3.73. The summed E-state index contributed by atoms with van der Waals surface area (Å²) in [6.07, 6.45) is 2.00. The van der Waals surface area contributed by atoms with Crippen LogP contribution in [0.15, 0.2) is 48.5 Å². The molecule has 8 heteroatoms. The summed E-state index contributed by atoms with van der Waals surface area (Å²) < 4.78 is 12.7. The van der Waals surface area contributed by atoms with Crippen LogP contribution in [0, 0.1) is 0 Å². The number of anilines is 1. The van der Waals surface area contributed by atoms with Crippen molar-refractivity contribution in [1.82, 2.24) is 19.9 Å². The van der Waals surface area contributed by atoms with Crippen LogP contribution in [-0.4, -0.2) is 46.8 Å². The molecule has 3 N–H and O–H groups in total. The highest BCUT2D eigenvalue weighted by molar-refractivity contribution is 6.10. The predicted octanol–water partition coefficient (Wildman–Crippen LogP) is 3.13. The number of rotatable bonds is 6. The summed E-state index contributed by atoms with van der Waals surface area (Å²) in [5.41, 5.74) is 10.4. The van der Waals surface area contributed by atoms with Gasteiger partial charge in [0.05, 0.1) is 30.8 Å². The van der Waals surface area contributed by atoms with E-state index in [4.69, 9.17) is 25.2 Å². The van der Waals surface area contributed by atoms with Gasteiger partial charge in [-0.25, -0.2) is 9.97 Å². The molecule has 1 aliphatic heterocycles. The lowest BCUT2D eigenvalue weighted by molar-refractivity contribution is 0.0859. The van der Waals surface area contributed by atoms with Gasteiger partial charge in [-0.1, -0.05) is 24.3 Å². The molecule has 0 spiro atoms. The molecule has 5 rings (SSSR count). The number of methoxy groups -OCH3 is 1. The Bertz CT molecular complexity index is 1280. The van der Waals surface area contributed by atoms with Gasteiger partial charge in [0.2, 0.25) is 0 Å². The number of ether oxygens (including phenoxy) is 2. The first kappa shape index (κ1) is 20.3. The van der Waals surface area contributed by atoms with E-state index in [2.05, 4.69) is 5.32 Å². The zero-order valence-electron chi connectivity index (χ0n) is 17.9. The van der Waals surface area contributed by atoms with Crippen LogP contribution < -0.4 is 15.8 Å². The second-order valence-electron chi connectivity index (χ2n) is 7.92. The molecule has 2 aromatic heterocycles. The van der Waals surface area contributed by atoms with Gasteiger partial charge in [-0.2, -0.15) is 0 Å². The quantitative estimate of drug-likeness (QED) is 0.486. The molecular formula is C24H25N5O3. The highest BCUT2D eigenvalue weighted by Gasteiger charge is 2.25. The Morgan fingerprint density at radius 3 is 2.62 bits per heavy atom. The molecule has 0 unspecified atom stereocenters. The van der Waals surface area contributed by atoms with E-state index in [-0.39, 0.29) is 12.0 Å². The van der Waals surface area contributed by atoms with Crippen molar-refractivity contribution < 1.29 is 14.3 Å². The predicted molar refractivity (Wildman–Crippen MR) is 123 cm³/mol. The minimum Gasteiger partial charge on any atom is -0.497 e. The van der Waals surface area contributed by atoms with Crippen LogP contribution in [0.1, 0.15) is 28.8 Å². The van der Waals surface area contributed by atoms with Gasteiger partial charge in [0.25, 0.3) is 5.91 Å². The Balaban J connectivity index is 1.57. The van der Waals surface area contributed by atoms with Crippen LogP contribution >= 0.6 is 0 Å². The van der Waals surface area contributed by atoms with Gasteiger partial charge in [0.1, 0.15) is 22.6 Å². The zero-order chi connectivity index (χ0) is 22.1. The van der Waals surface area contributed by atoms with Crippen LogP contribution in [0.25, 0.3) is 22.2 Å². The molecule has 0 radical (unpaired) electrons. The number of amides is 1. The lowest BCUT2D eigenvalue weighted by atomic mass is 10.2. The van der Waals surface area contributed by atoms with Gasteiger partial charge < -0.3 is 25.1 Å². The maximum Gasteiger partial charge on any atom is 0.257 e. The molecule has 1 fully saturated rings. The number of nitrogens with zero attached hydrogens (tertiary/aromatic N) is 3. The molecule has 2 aromatic carbocycles. The number of carbonyl (C=O) groups is 1. The second-order valence-corrected chi connectivity index (χ2v) is 7.92. The van der Waals surface area contributed by atoms with Crippen LogP contribution in [0.4, 0.5) is 5.82 Å². The molecule has 3 heterocycles. The molecule has 8 nitrogen and oxygen atoms in total. The van der Waals surface area contributed by atoms with Crippen LogP contribution in [-0.2, 0) is 11.3 Å². The van der Waals surface area contributed by atoms with E-state index in [1.54, 1.807) is 7.11 Å². The highest BCUT2D eigenvalue weighted by atomic mass is 16.5. The number of para-hydroxylation sites is 2. The zero-order valence-corrected chi connectivity index (χ0v) is 17.9. The first-order valence-electron chi connectivity index (χ1n) is 10.7. The van der Waals surface area contributed by atoms with E-state index >= 15 is 0 Å². The van der Waals surface area contributed by atoms with Gasteiger partial charge in [-0.3, -0.25) is 4.79 Å². The Hall–Kier alpha value is -3.65. The number of fused-ring (bicyclic) bond motifs is 2. The van der Waals surface area contributed by atoms with Crippen molar-refractivity contribution in [3.63, 3.8) is 0 Å². The summed E-state index contributed by atoms with van der Waals surface area (Å²) in [6, 6.07) is 15.3. The average Bonchev–Trinajstić information content (AvgIpc) is 3.43. The molecule has 1 atom stereocenters. The monoisotopic (exact) mass is 431 g/mol. The lowest BCUT2D eigenvalue weighted by Gasteiger charge is -2.11. The first-order valence-corrected chi connectivity index (χ1v) is 10.7. The summed E-state index contributed by atoms with van der Waals surface area (Å²) >= 11 is 0. The van der Waals surface area contributed by atoms with Crippen molar-refractivity contribution in [3.05, 3.63) is 59.7 Å². The third-order valence-electron chi connectivity index (χ3n) is 5.83. The van der Waals surface area contributed by atoms with Crippen molar-refractivity contribution >= 4 is 33.9 Å². The molecule has 0 bridgehead atoms. The fourth-order valence-electron chi connectivity index (χ4n) is 4.11. The van der Waals surface area contributed by atoms with E-state index in [1.165, 1.54) is 0 Å². The number of nitrogen functional groups attached to an aromatic ring is 1. The van der Waals surface area contributed by atoms with Gasteiger partial charge in [0, 0.05) is 13.2 Å². The minimum atomic E-state index is -0.263. The van der Waals surface area contributed by atoms with Crippen LogP contribution in [0.3, 0.4) is 0 Å². The van der Waals surface area contributed by atoms with Crippen LogP contribution in [0.2, 0.25) is 0 Å². The first-order chi connectivity index (χ1) is 15.6. The van der Waals surface area contributed by atoms with Crippen molar-refractivity contribution in [2.45, 2.75) is 25.5 Å². The smallest absolute Gasteiger partial charge is 0.257 e. The van der Waals surface area contributed by atoms with Crippen molar-refractivity contribution in [1.29, 1.82) is 0 Å². The number of hydrogen-bond donors (Lipinski definition) is 2. The summed E-state index contributed by atoms with van der Waals surface area (Å²) in [5.74, 6) is 0.857. The topological polar surface area (TPSA) is 104 Å². The van der Waals surface area contributed by atoms with Gasteiger partial charge in [0.15, 0.2) is 5.65 Å².